The molecule has 0 aromatic carbocycles. The number of likely N-dealkylation sites (N-methyl/N-ethyl adjacent to an activating group) is 2. The Kier molecular flexibility index (Phi) is 6.89. The lowest BCUT2D eigenvalue weighted by Gasteiger charge is -2.34. The van der Waals surface area contributed by atoms with Crippen molar-refractivity contribution in [2.24, 2.45) is 0 Å². The van der Waals surface area contributed by atoms with E-state index in [-0.39, 0.29) is 12.0 Å². The zero-order chi connectivity index (χ0) is 15.1. The highest BCUT2D eigenvalue weighted by Gasteiger charge is 2.27. The molecular formula is C15H30N4O2. The van der Waals surface area contributed by atoms with E-state index in [4.69, 9.17) is 4.74 Å². The van der Waals surface area contributed by atoms with Gasteiger partial charge in [-0.15, -0.1) is 0 Å². The van der Waals surface area contributed by atoms with Gasteiger partial charge in [0.1, 0.15) is 0 Å². The Morgan fingerprint density at radius 3 is 2.90 bits per heavy atom. The zero-order valence-corrected chi connectivity index (χ0v) is 13.4. The summed E-state index contributed by atoms with van der Waals surface area (Å²) in [6.07, 6.45) is 3.79. The highest BCUT2D eigenvalue weighted by molar-refractivity contribution is 5.78. The summed E-state index contributed by atoms with van der Waals surface area (Å²) in [6, 6.07) is 0.667. The first-order valence-electron chi connectivity index (χ1n) is 8.17. The van der Waals surface area contributed by atoms with Gasteiger partial charge in [-0.1, -0.05) is 0 Å². The van der Waals surface area contributed by atoms with Gasteiger partial charge in [0, 0.05) is 32.2 Å². The standard InChI is InChI=1S/C15H30N4O2/c1-16-10-13-4-3-6-18(13)7-5-14-12-19(8-9-21-14)15(20)11-17-2/h13-14,16-17H,3-12H2,1-2H3. The van der Waals surface area contributed by atoms with E-state index < -0.39 is 0 Å². The first-order valence-corrected chi connectivity index (χ1v) is 8.17. The number of carbonyl (C=O) groups is 1. The molecule has 0 spiro atoms. The number of rotatable bonds is 7. The number of hydrogen-bond acceptors (Lipinski definition) is 5. The third-order valence-corrected chi connectivity index (χ3v) is 4.50. The molecule has 2 rings (SSSR count). The van der Waals surface area contributed by atoms with E-state index in [1.807, 2.05) is 19.0 Å². The lowest BCUT2D eigenvalue weighted by atomic mass is 10.1. The maximum Gasteiger partial charge on any atom is 0.236 e. The second-order valence-electron chi connectivity index (χ2n) is 6.04. The second-order valence-corrected chi connectivity index (χ2v) is 6.04. The maximum absolute atomic E-state index is 11.9. The molecule has 2 heterocycles. The van der Waals surface area contributed by atoms with Gasteiger partial charge in [-0.3, -0.25) is 9.69 Å². The summed E-state index contributed by atoms with van der Waals surface area (Å²) in [4.78, 5) is 16.4. The SMILES string of the molecule is CNCC(=O)N1CCOC(CCN2CCCC2CNC)C1. The summed E-state index contributed by atoms with van der Waals surface area (Å²) < 4.78 is 5.83. The molecule has 2 unspecified atom stereocenters. The molecule has 2 saturated heterocycles. The van der Waals surface area contributed by atoms with Crippen molar-refractivity contribution >= 4 is 5.91 Å². The van der Waals surface area contributed by atoms with Crippen molar-refractivity contribution in [1.29, 1.82) is 0 Å². The van der Waals surface area contributed by atoms with Crippen molar-refractivity contribution in [3.05, 3.63) is 0 Å². The fourth-order valence-corrected chi connectivity index (χ4v) is 3.35. The Morgan fingerprint density at radius 1 is 1.29 bits per heavy atom. The average Bonchev–Trinajstić information content (AvgIpc) is 2.93. The fourth-order valence-electron chi connectivity index (χ4n) is 3.35. The molecule has 0 aromatic rings. The molecule has 0 radical (unpaired) electrons. The lowest BCUT2D eigenvalue weighted by Crippen LogP contribution is -2.49. The normalized spacial score (nSPS) is 27.2. The van der Waals surface area contributed by atoms with Crippen molar-refractivity contribution in [2.75, 3.05) is 60.0 Å². The Labute approximate surface area is 128 Å². The fraction of sp³-hybridized carbons (Fsp3) is 0.933. The quantitative estimate of drug-likeness (QED) is 0.664. The van der Waals surface area contributed by atoms with Gasteiger partial charge >= 0.3 is 0 Å². The van der Waals surface area contributed by atoms with Crippen molar-refractivity contribution < 1.29 is 9.53 Å². The average molecular weight is 298 g/mol. The van der Waals surface area contributed by atoms with Crippen LogP contribution in [0.3, 0.4) is 0 Å². The summed E-state index contributed by atoms with van der Waals surface area (Å²) in [5, 5.41) is 6.21. The van der Waals surface area contributed by atoms with E-state index in [0.717, 1.165) is 32.6 Å². The molecule has 1 amide bonds. The molecule has 2 atom stereocenters. The topological polar surface area (TPSA) is 56.8 Å². The number of hydrogen-bond donors (Lipinski definition) is 2. The van der Waals surface area contributed by atoms with E-state index in [1.54, 1.807) is 0 Å². The van der Waals surface area contributed by atoms with Gasteiger partial charge in [-0.2, -0.15) is 0 Å². The molecule has 0 aromatic heterocycles. The Hall–Kier alpha value is -0.690. The number of amides is 1. The minimum Gasteiger partial charge on any atom is -0.374 e. The molecule has 122 valence electrons. The summed E-state index contributed by atoms with van der Waals surface area (Å²) in [6.45, 7) is 5.89. The summed E-state index contributed by atoms with van der Waals surface area (Å²) in [7, 11) is 3.83. The zero-order valence-electron chi connectivity index (χ0n) is 13.4. The summed E-state index contributed by atoms with van der Waals surface area (Å²) in [5.41, 5.74) is 0. The highest BCUT2D eigenvalue weighted by atomic mass is 16.5. The number of nitrogens with zero attached hydrogens (tertiary/aromatic N) is 2. The van der Waals surface area contributed by atoms with E-state index in [9.17, 15) is 4.79 Å². The van der Waals surface area contributed by atoms with E-state index in [1.165, 1.54) is 19.4 Å². The minimum atomic E-state index is 0.181. The van der Waals surface area contributed by atoms with Crippen molar-refractivity contribution in [2.45, 2.75) is 31.4 Å². The van der Waals surface area contributed by atoms with Gasteiger partial charge in [0.15, 0.2) is 0 Å². The minimum absolute atomic E-state index is 0.181. The maximum atomic E-state index is 11.9. The van der Waals surface area contributed by atoms with Crippen LogP contribution in [0, 0.1) is 0 Å². The highest BCUT2D eigenvalue weighted by Crippen LogP contribution is 2.18. The molecule has 0 saturated carbocycles. The van der Waals surface area contributed by atoms with E-state index in [0.29, 0.717) is 19.2 Å². The van der Waals surface area contributed by atoms with Crippen LogP contribution >= 0.6 is 0 Å². The van der Waals surface area contributed by atoms with Crippen LogP contribution in [0.4, 0.5) is 0 Å². The van der Waals surface area contributed by atoms with Crippen LogP contribution in [0.15, 0.2) is 0 Å². The van der Waals surface area contributed by atoms with Gasteiger partial charge in [-0.05, 0) is 39.9 Å². The van der Waals surface area contributed by atoms with Gasteiger partial charge in [-0.25, -0.2) is 0 Å². The van der Waals surface area contributed by atoms with Crippen LogP contribution in [0.2, 0.25) is 0 Å². The summed E-state index contributed by atoms with van der Waals surface area (Å²) >= 11 is 0. The Balaban J connectivity index is 1.73. The molecule has 2 fully saturated rings. The molecule has 2 N–H and O–H groups in total. The second kappa shape index (κ2) is 8.68. The lowest BCUT2D eigenvalue weighted by molar-refractivity contribution is -0.138. The van der Waals surface area contributed by atoms with Crippen LogP contribution in [0.25, 0.3) is 0 Å². The smallest absolute Gasteiger partial charge is 0.236 e. The third kappa shape index (κ3) is 4.92. The van der Waals surface area contributed by atoms with E-state index in [2.05, 4.69) is 15.5 Å². The van der Waals surface area contributed by atoms with Crippen LogP contribution < -0.4 is 10.6 Å². The summed E-state index contributed by atoms with van der Waals surface area (Å²) in [5.74, 6) is 0.181. The number of morpholine rings is 1. The van der Waals surface area contributed by atoms with Gasteiger partial charge in [0.25, 0.3) is 0 Å². The number of ether oxygens (including phenoxy) is 1. The molecule has 0 aliphatic carbocycles. The first kappa shape index (κ1) is 16.7. The number of likely N-dealkylation sites (tertiary alicyclic amines) is 1. The monoisotopic (exact) mass is 298 g/mol. The predicted octanol–water partition coefficient (Wildman–Crippen LogP) is -0.493. The molecule has 0 bridgehead atoms. The van der Waals surface area contributed by atoms with Crippen LogP contribution in [-0.2, 0) is 9.53 Å². The van der Waals surface area contributed by atoms with E-state index >= 15 is 0 Å². The Bertz CT molecular complexity index is 327. The molecular weight excluding hydrogens is 268 g/mol. The van der Waals surface area contributed by atoms with Crippen LogP contribution in [0.5, 0.6) is 0 Å². The molecule has 2 aliphatic rings. The molecule has 2 aliphatic heterocycles. The molecule has 6 heteroatoms. The number of carbonyl (C=O) groups excluding carboxylic acids is 1. The van der Waals surface area contributed by atoms with Crippen LogP contribution in [-0.4, -0.2) is 87.8 Å². The predicted molar refractivity (Wildman–Crippen MR) is 83.4 cm³/mol. The van der Waals surface area contributed by atoms with Crippen molar-refractivity contribution in [1.82, 2.24) is 20.4 Å². The van der Waals surface area contributed by atoms with Crippen molar-refractivity contribution in [3.63, 3.8) is 0 Å². The molecule has 21 heavy (non-hydrogen) atoms. The largest absolute Gasteiger partial charge is 0.374 e. The van der Waals surface area contributed by atoms with Crippen LogP contribution in [0.1, 0.15) is 19.3 Å². The van der Waals surface area contributed by atoms with Gasteiger partial charge in [0.05, 0.1) is 19.3 Å². The number of nitrogens with one attached hydrogen (secondary N) is 2. The van der Waals surface area contributed by atoms with Gasteiger partial charge < -0.3 is 20.3 Å². The third-order valence-electron chi connectivity index (χ3n) is 4.50. The van der Waals surface area contributed by atoms with Gasteiger partial charge in [0.2, 0.25) is 5.91 Å². The Morgan fingerprint density at radius 2 is 2.14 bits per heavy atom. The molecule has 6 nitrogen and oxygen atoms in total. The van der Waals surface area contributed by atoms with Crippen molar-refractivity contribution in [3.8, 4) is 0 Å². The first-order chi connectivity index (χ1) is 10.2.